The molecule has 0 aliphatic carbocycles. The first-order valence-corrected chi connectivity index (χ1v) is 8.34. The predicted molar refractivity (Wildman–Crippen MR) is 97.6 cm³/mol. The second-order valence-corrected chi connectivity index (χ2v) is 5.83. The lowest BCUT2D eigenvalue weighted by Crippen LogP contribution is -2.31. The summed E-state index contributed by atoms with van der Waals surface area (Å²) in [6.45, 7) is 0.384. The van der Waals surface area contributed by atoms with Gasteiger partial charge in [-0.3, -0.25) is 9.59 Å². The highest BCUT2D eigenvalue weighted by atomic mass is 16.5. The van der Waals surface area contributed by atoms with Crippen molar-refractivity contribution in [2.75, 3.05) is 13.7 Å². The van der Waals surface area contributed by atoms with Crippen LogP contribution in [-0.2, 0) is 4.79 Å². The van der Waals surface area contributed by atoms with Crippen molar-refractivity contribution in [3.05, 3.63) is 65.7 Å². The van der Waals surface area contributed by atoms with E-state index in [4.69, 9.17) is 10.5 Å². The summed E-state index contributed by atoms with van der Waals surface area (Å²) in [5, 5.41) is 2.82. The topological polar surface area (TPSA) is 81.4 Å². The van der Waals surface area contributed by atoms with Gasteiger partial charge < -0.3 is 15.8 Å². The van der Waals surface area contributed by atoms with Crippen LogP contribution in [0, 0.1) is 0 Å². The average molecular weight is 340 g/mol. The Labute approximate surface area is 148 Å². The largest absolute Gasteiger partial charge is 0.497 e. The summed E-state index contributed by atoms with van der Waals surface area (Å²) < 4.78 is 5.07. The van der Waals surface area contributed by atoms with E-state index in [2.05, 4.69) is 5.32 Å². The Balaban J connectivity index is 1.68. The van der Waals surface area contributed by atoms with Crippen LogP contribution in [0.25, 0.3) is 0 Å². The molecule has 0 spiro atoms. The van der Waals surface area contributed by atoms with E-state index in [1.165, 1.54) is 0 Å². The number of carbonyl (C=O) groups excluding carboxylic acids is 2. The molecule has 25 heavy (non-hydrogen) atoms. The van der Waals surface area contributed by atoms with Crippen LogP contribution in [0.3, 0.4) is 0 Å². The lowest BCUT2D eigenvalue weighted by atomic mass is 10.0. The van der Waals surface area contributed by atoms with Crippen LogP contribution in [-0.4, -0.2) is 25.3 Å². The summed E-state index contributed by atoms with van der Waals surface area (Å²) in [4.78, 5) is 24.0. The summed E-state index contributed by atoms with van der Waals surface area (Å²) in [7, 11) is 1.58. The Morgan fingerprint density at radius 1 is 1.04 bits per heavy atom. The Hall–Kier alpha value is -2.66. The number of hydrogen-bond donors (Lipinski definition) is 2. The maximum absolute atomic E-state index is 12.1. The first-order chi connectivity index (χ1) is 12.1. The summed E-state index contributed by atoms with van der Waals surface area (Å²) in [6, 6.07) is 16.4. The quantitative estimate of drug-likeness (QED) is 0.688. The van der Waals surface area contributed by atoms with E-state index in [0.29, 0.717) is 37.1 Å². The molecule has 0 bridgehead atoms. The van der Waals surface area contributed by atoms with Crippen LogP contribution in [0.5, 0.6) is 5.75 Å². The number of ketones is 1. The van der Waals surface area contributed by atoms with E-state index in [1.807, 2.05) is 30.3 Å². The SMILES string of the molecule is COc1ccc(C(=O)CCCC(=O)NCC(N)c2ccccc2)cc1. The van der Waals surface area contributed by atoms with Gasteiger partial charge in [0, 0.05) is 31.0 Å². The van der Waals surface area contributed by atoms with E-state index in [0.717, 1.165) is 5.56 Å². The first kappa shape index (κ1) is 18.7. The van der Waals surface area contributed by atoms with Gasteiger partial charge in [0.05, 0.1) is 7.11 Å². The molecule has 0 aromatic heterocycles. The van der Waals surface area contributed by atoms with Crippen molar-refractivity contribution in [2.24, 2.45) is 5.73 Å². The summed E-state index contributed by atoms with van der Waals surface area (Å²) in [5.41, 5.74) is 7.66. The summed E-state index contributed by atoms with van der Waals surface area (Å²) in [5.74, 6) is 0.649. The fourth-order valence-corrected chi connectivity index (χ4v) is 2.46. The van der Waals surface area contributed by atoms with Crippen molar-refractivity contribution in [1.29, 1.82) is 0 Å². The predicted octanol–water partition coefficient (Wildman–Crippen LogP) is 2.86. The molecule has 0 aliphatic rings. The zero-order valence-corrected chi connectivity index (χ0v) is 14.4. The van der Waals surface area contributed by atoms with Crippen LogP contribution in [0.1, 0.15) is 41.2 Å². The van der Waals surface area contributed by atoms with Crippen molar-refractivity contribution in [3.63, 3.8) is 0 Å². The van der Waals surface area contributed by atoms with Gasteiger partial charge in [0.25, 0.3) is 0 Å². The number of hydrogen-bond acceptors (Lipinski definition) is 4. The molecule has 1 amide bonds. The second-order valence-electron chi connectivity index (χ2n) is 5.83. The molecule has 2 aromatic carbocycles. The molecule has 5 nitrogen and oxygen atoms in total. The summed E-state index contributed by atoms with van der Waals surface area (Å²) in [6.07, 6.45) is 1.16. The average Bonchev–Trinajstić information content (AvgIpc) is 2.66. The Kier molecular flexibility index (Phi) is 7.16. The number of ether oxygens (including phenoxy) is 1. The minimum atomic E-state index is -0.230. The van der Waals surface area contributed by atoms with Gasteiger partial charge in [-0.2, -0.15) is 0 Å². The molecule has 0 aliphatic heterocycles. The zero-order valence-electron chi connectivity index (χ0n) is 14.4. The molecule has 132 valence electrons. The lowest BCUT2D eigenvalue weighted by molar-refractivity contribution is -0.121. The van der Waals surface area contributed by atoms with Gasteiger partial charge in [-0.05, 0) is 36.2 Å². The van der Waals surface area contributed by atoms with E-state index in [1.54, 1.807) is 31.4 Å². The molecule has 1 unspecified atom stereocenters. The number of benzene rings is 2. The number of methoxy groups -OCH3 is 1. The van der Waals surface area contributed by atoms with Gasteiger partial charge in [-0.25, -0.2) is 0 Å². The van der Waals surface area contributed by atoms with Crippen LogP contribution in [0.2, 0.25) is 0 Å². The molecule has 5 heteroatoms. The minimum Gasteiger partial charge on any atom is -0.497 e. The first-order valence-electron chi connectivity index (χ1n) is 8.34. The molecule has 2 aromatic rings. The number of amides is 1. The van der Waals surface area contributed by atoms with E-state index >= 15 is 0 Å². The van der Waals surface area contributed by atoms with Crippen LogP contribution in [0.15, 0.2) is 54.6 Å². The van der Waals surface area contributed by atoms with Crippen LogP contribution < -0.4 is 15.8 Å². The monoisotopic (exact) mass is 340 g/mol. The van der Waals surface area contributed by atoms with Crippen LogP contribution >= 0.6 is 0 Å². The molecule has 1 atom stereocenters. The fraction of sp³-hybridized carbons (Fsp3) is 0.300. The highest BCUT2D eigenvalue weighted by molar-refractivity contribution is 5.96. The molecular formula is C20H24N2O3. The standard InChI is InChI=1S/C20H24N2O3/c1-25-17-12-10-16(11-13-17)19(23)8-5-9-20(24)22-14-18(21)15-6-3-2-4-7-15/h2-4,6-7,10-13,18H,5,8-9,14,21H2,1H3,(H,22,24). The van der Waals surface area contributed by atoms with Gasteiger partial charge in [-0.1, -0.05) is 30.3 Å². The third kappa shape index (κ3) is 6.04. The highest BCUT2D eigenvalue weighted by Gasteiger charge is 2.10. The molecule has 0 saturated heterocycles. The van der Waals surface area contributed by atoms with E-state index in [-0.39, 0.29) is 17.7 Å². The molecule has 3 N–H and O–H groups in total. The fourth-order valence-electron chi connectivity index (χ4n) is 2.46. The van der Waals surface area contributed by atoms with Gasteiger partial charge in [0.15, 0.2) is 5.78 Å². The van der Waals surface area contributed by atoms with Gasteiger partial charge in [-0.15, -0.1) is 0 Å². The zero-order chi connectivity index (χ0) is 18.1. The number of rotatable bonds is 9. The van der Waals surface area contributed by atoms with Crippen LogP contribution in [0.4, 0.5) is 0 Å². The maximum Gasteiger partial charge on any atom is 0.220 e. The van der Waals surface area contributed by atoms with Gasteiger partial charge in [0.1, 0.15) is 5.75 Å². The Morgan fingerprint density at radius 3 is 2.36 bits per heavy atom. The van der Waals surface area contributed by atoms with Gasteiger partial charge >= 0.3 is 0 Å². The van der Waals surface area contributed by atoms with Crippen molar-refractivity contribution in [3.8, 4) is 5.75 Å². The molecular weight excluding hydrogens is 316 g/mol. The smallest absolute Gasteiger partial charge is 0.220 e. The minimum absolute atomic E-state index is 0.0245. The maximum atomic E-state index is 12.1. The molecule has 0 fully saturated rings. The number of nitrogens with two attached hydrogens (primary N) is 1. The number of Topliss-reactive ketones (excluding diaryl/α,β-unsaturated/α-hetero) is 1. The number of carbonyl (C=O) groups is 2. The molecule has 2 rings (SSSR count). The van der Waals surface area contributed by atoms with Gasteiger partial charge in [0.2, 0.25) is 5.91 Å². The number of nitrogens with one attached hydrogen (secondary N) is 1. The summed E-state index contributed by atoms with van der Waals surface area (Å²) >= 11 is 0. The molecule has 0 radical (unpaired) electrons. The van der Waals surface area contributed by atoms with Crippen molar-refractivity contribution in [2.45, 2.75) is 25.3 Å². The third-order valence-electron chi connectivity index (χ3n) is 3.97. The van der Waals surface area contributed by atoms with E-state index < -0.39 is 0 Å². The normalized spacial score (nSPS) is 11.6. The van der Waals surface area contributed by atoms with Crippen molar-refractivity contribution in [1.82, 2.24) is 5.32 Å². The molecule has 0 heterocycles. The van der Waals surface area contributed by atoms with Crippen molar-refractivity contribution >= 4 is 11.7 Å². The Morgan fingerprint density at radius 2 is 1.72 bits per heavy atom. The Bertz CT molecular complexity index is 684. The lowest BCUT2D eigenvalue weighted by Gasteiger charge is -2.13. The highest BCUT2D eigenvalue weighted by Crippen LogP contribution is 2.14. The molecule has 0 saturated carbocycles. The van der Waals surface area contributed by atoms with E-state index in [9.17, 15) is 9.59 Å². The third-order valence-corrected chi connectivity index (χ3v) is 3.97. The van der Waals surface area contributed by atoms with Crippen molar-refractivity contribution < 1.29 is 14.3 Å². The second kappa shape index (κ2) is 9.59.